The maximum absolute atomic E-state index is 12.7. The van der Waals surface area contributed by atoms with Gasteiger partial charge in [-0.1, -0.05) is 18.2 Å². The first-order chi connectivity index (χ1) is 15.7. The molecule has 1 fully saturated rings. The van der Waals surface area contributed by atoms with Gasteiger partial charge in [0.1, 0.15) is 11.2 Å². The third kappa shape index (κ3) is 4.37. The first-order valence-corrected chi connectivity index (χ1v) is 13.6. The van der Waals surface area contributed by atoms with Crippen LogP contribution in [0.25, 0.3) is 21.9 Å². The van der Waals surface area contributed by atoms with E-state index in [1.54, 1.807) is 12.1 Å². The van der Waals surface area contributed by atoms with Gasteiger partial charge in [-0.25, -0.2) is 21.6 Å². The Balaban J connectivity index is 1.32. The third-order valence-corrected chi connectivity index (χ3v) is 8.92. The maximum atomic E-state index is 12.7. The number of fused-ring (bicyclic) bond motifs is 3. The van der Waals surface area contributed by atoms with Gasteiger partial charge < -0.3 is 9.73 Å². The van der Waals surface area contributed by atoms with Crippen LogP contribution in [0.1, 0.15) is 16.8 Å². The molecule has 33 heavy (non-hydrogen) atoms. The van der Waals surface area contributed by atoms with Crippen LogP contribution in [0.15, 0.2) is 76.0 Å². The molecule has 1 saturated heterocycles. The van der Waals surface area contributed by atoms with Gasteiger partial charge in [0.25, 0.3) is 5.91 Å². The van der Waals surface area contributed by atoms with E-state index < -0.39 is 25.9 Å². The Morgan fingerprint density at radius 1 is 0.939 bits per heavy atom. The monoisotopic (exact) mass is 484 g/mol. The van der Waals surface area contributed by atoms with Crippen molar-refractivity contribution in [2.24, 2.45) is 0 Å². The molecule has 1 atom stereocenters. The Morgan fingerprint density at radius 2 is 1.67 bits per heavy atom. The number of amides is 1. The van der Waals surface area contributed by atoms with E-state index in [4.69, 9.17) is 4.42 Å². The summed E-state index contributed by atoms with van der Waals surface area (Å²) in [6.45, 7) is 0. The molecule has 8 nitrogen and oxygen atoms in total. The number of benzene rings is 3. The predicted octanol–water partition coefficient (Wildman–Crippen LogP) is 3.30. The molecule has 5 rings (SSSR count). The zero-order chi connectivity index (χ0) is 23.2. The summed E-state index contributed by atoms with van der Waals surface area (Å²) in [5, 5.41) is 4.64. The van der Waals surface area contributed by atoms with E-state index in [2.05, 4.69) is 10.0 Å². The van der Waals surface area contributed by atoms with Crippen molar-refractivity contribution in [3.8, 4) is 0 Å². The molecule has 10 heteroatoms. The van der Waals surface area contributed by atoms with Crippen LogP contribution in [-0.2, 0) is 19.9 Å². The number of carbonyl (C=O) groups excluding carboxylic acids is 1. The summed E-state index contributed by atoms with van der Waals surface area (Å²) in [4.78, 5) is 12.7. The summed E-state index contributed by atoms with van der Waals surface area (Å²) in [6.07, 6.45) is 0.248. The largest absolute Gasteiger partial charge is 0.456 e. The van der Waals surface area contributed by atoms with E-state index in [-0.39, 0.29) is 34.3 Å². The first kappa shape index (κ1) is 21.6. The molecule has 0 radical (unpaired) electrons. The molecule has 0 spiro atoms. The highest BCUT2D eigenvalue weighted by molar-refractivity contribution is 7.92. The molecule has 0 bridgehead atoms. The molecule has 3 aromatic carbocycles. The van der Waals surface area contributed by atoms with Gasteiger partial charge in [-0.05, 0) is 55.0 Å². The second-order valence-corrected chi connectivity index (χ2v) is 12.0. The molecule has 1 aliphatic heterocycles. The van der Waals surface area contributed by atoms with E-state index in [9.17, 15) is 21.6 Å². The third-order valence-electron chi connectivity index (χ3n) is 5.62. The SMILES string of the molecule is O=C(Nc1ccc2oc3ccccc3c2c1)c1ccc(S(=O)(=O)NC2CCS(=O)(=O)C2)cc1. The Bertz CT molecular complexity index is 1590. The molecule has 2 N–H and O–H groups in total. The molecule has 4 aromatic rings. The van der Waals surface area contributed by atoms with E-state index >= 15 is 0 Å². The highest BCUT2D eigenvalue weighted by Gasteiger charge is 2.31. The lowest BCUT2D eigenvalue weighted by molar-refractivity contribution is 0.102. The van der Waals surface area contributed by atoms with Crippen LogP contribution >= 0.6 is 0 Å². The van der Waals surface area contributed by atoms with E-state index in [0.717, 1.165) is 16.4 Å². The minimum atomic E-state index is -3.89. The van der Waals surface area contributed by atoms with Gasteiger partial charge in [0.15, 0.2) is 9.84 Å². The normalized spacial score (nSPS) is 18.0. The van der Waals surface area contributed by atoms with Crippen LogP contribution in [0.2, 0.25) is 0 Å². The minimum absolute atomic E-state index is 0.0281. The summed E-state index contributed by atoms with van der Waals surface area (Å²) in [5.74, 6) is -0.621. The number of hydrogen-bond donors (Lipinski definition) is 2. The highest BCUT2D eigenvalue weighted by Crippen LogP contribution is 2.30. The summed E-state index contributed by atoms with van der Waals surface area (Å²) in [6, 6.07) is 17.8. The van der Waals surface area contributed by atoms with Crippen LogP contribution in [0, 0.1) is 0 Å². The average Bonchev–Trinajstić information content (AvgIpc) is 3.32. The van der Waals surface area contributed by atoms with Crippen molar-refractivity contribution in [1.82, 2.24) is 4.72 Å². The van der Waals surface area contributed by atoms with Gasteiger partial charge in [-0.2, -0.15) is 0 Å². The van der Waals surface area contributed by atoms with Gasteiger partial charge in [-0.15, -0.1) is 0 Å². The number of anilines is 1. The van der Waals surface area contributed by atoms with Crippen molar-refractivity contribution in [2.45, 2.75) is 17.4 Å². The predicted molar refractivity (Wildman–Crippen MR) is 125 cm³/mol. The van der Waals surface area contributed by atoms with Crippen LogP contribution in [0.5, 0.6) is 0 Å². The maximum Gasteiger partial charge on any atom is 0.255 e. The Labute approximate surface area is 190 Å². The number of nitrogens with one attached hydrogen (secondary N) is 2. The van der Waals surface area contributed by atoms with Crippen LogP contribution in [-0.4, -0.2) is 40.3 Å². The van der Waals surface area contributed by atoms with Crippen molar-refractivity contribution in [3.05, 3.63) is 72.3 Å². The summed E-state index contributed by atoms with van der Waals surface area (Å²) in [5.41, 5.74) is 2.34. The summed E-state index contributed by atoms with van der Waals surface area (Å²) in [7, 11) is -7.10. The number of rotatable bonds is 5. The molecular formula is C23H20N2O6S2. The Kier molecular flexibility index (Phi) is 5.23. The van der Waals surface area contributed by atoms with Crippen molar-refractivity contribution in [3.63, 3.8) is 0 Å². The van der Waals surface area contributed by atoms with Gasteiger partial charge in [0.2, 0.25) is 10.0 Å². The van der Waals surface area contributed by atoms with Crippen molar-refractivity contribution < 1.29 is 26.0 Å². The number of carbonyl (C=O) groups is 1. The fourth-order valence-corrected chi connectivity index (χ4v) is 7.02. The molecular weight excluding hydrogens is 464 g/mol. The zero-order valence-corrected chi connectivity index (χ0v) is 18.9. The van der Waals surface area contributed by atoms with Crippen molar-refractivity contribution >= 4 is 53.4 Å². The molecule has 170 valence electrons. The number of hydrogen-bond acceptors (Lipinski definition) is 6. The smallest absolute Gasteiger partial charge is 0.255 e. The second-order valence-electron chi connectivity index (χ2n) is 8.01. The molecule has 2 heterocycles. The van der Waals surface area contributed by atoms with E-state index in [0.29, 0.717) is 11.3 Å². The molecule has 1 aliphatic rings. The highest BCUT2D eigenvalue weighted by atomic mass is 32.2. The first-order valence-electron chi connectivity index (χ1n) is 10.3. The molecule has 0 saturated carbocycles. The lowest BCUT2D eigenvalue weighted by atomic mass is 10.1. The second kappa shape index (κ2) is 7.98. The molecule has 1 aromatic heterocycles. The van der Waals surface area contributed by atoms with Gasteiger partial charge in [0.05, 0.1) is 16.4 Å². The Morgan fingerprint density at radius 3 is 2.39 bits per heavy atom. The fourth-order valence-electron chi connectivity index (χ4n) is 3.97. The zero-order valence-electron chi connectivity index (χ0n) is 17.3. The number of para-hydroxylation sites is 1. The fraction of sp³-hybridized carbons (Fsp3) is 0.174. The lowest BCUT2D eigenvalue weighted by Gasteiger charge is -2.12. The summed E-state index contributed by atoms with van der Waals surface area (Å²) < 4.78 is 56.5. The van der Waals surface area contributed by atoms with Gasteiger partial charge in [0, 0.05) is 28.1 Å². The summed E-state index contributed by atoms with van der Waals surface area (Å²) >= 11 is 0. The molecule has 1 amide bonds. The minimum Gasteiger partial charge on any atom is -0.456 e. The van der Waals surface area contributed by atoms with Crippen molar-refractivity contribution in [1.29, 1.82) is 0 Å². The number of sulfonamides is 1. The number of sulfone groups is 1. The molecule has 0 aliphatic carbocycles. The quantitative estimate of drug-likeness (QED) is 0.448. The Hall–Kier alpha value is -3.21. The average molecular weight is 485 g/mol. The molecule has 1 unspecified atom stereocenters. The standard InChI is InChI=1S/C23H20N2O6S2/c26-23(24-16-7-10-22-20(13-16)19-3-1-2-4-21(19)31-22)15-5-8-18(9-6-15)33(29,30)25-17-11-12-32(27,28)14-17/h1-10,13,17,25H,11-12,14H2,(H,24,26). The van der Waals surface area contributed by atoms with Crippen LogP contribution in [0.3, 0.4) is 0 Å². The number of furan rings is 1. The van der Waals surface area contributed by atoms with Crippen LogP contribution < -0.4 is 10.0 Å². The van der Waals surface area contributed by atoms with Crippen molar-refractivity contribution in [2.75, 3.05) is 16.8 Å². The van der Waals surface area contributed by atoms with Gasteiger partial charge in [-0.3, -0.25) is 4.79 Å². The van der Waals surface area contributed by atoms with Crippen LogP contribution in [0.4, 0.5) is 5.69 Å². The lowest BCUT2D eigenvalue weighted by Crippen LogP contribution is -2.35. The van der Waals surface area contributed by atoms with Gasteiger partial charge >= 0.3 is 0 Å². The topological polar surface area (TPSA) is 123 Å². The van der Waals surface area contributed by atoms with E-state index in [1.165, 1.54) is 24.3 Å². The van der Waals surface area contributed by atoms with E-state index in [1.807, 2.05) is 30.3 Å².